The highest BCUT2D eigenvalue weighted by Crippen LogP contribution is 2.36. The van der Waals surface area contributed by atoms with Crippen LogP contribution in [-0.2, 0) is 24.4 Å². The molecule has 1 aliphatic heterocycles. The van der Waals surface area contributed by atoms with Gasteiger partial charge in [-0.3, -0.25) is 0 Å². The minimum Gasteiger partial charge on any atom is -0.392 e. The Bertz CT molecular complexity index is 585. The van der Waals surface area contributed by atoms with Crippen LogP contribution < -0.4 is 0 Å². The van der Waals surface area contributed by atoms with E-state index in [0.717, 1.165) is 69.4 Å². The number of piperazine rings is 1. The van der Waals surface area contributed by atoms with Gasteiger partial charge in [-0.05, 0) is 69.6 Å². The molecule has 0 aromatic heterocycles. The van der Waals surface area contributed by atoms with Gasteiger partial charge >= 0.3 is 0 Å². The topological polar surface area (TPSA) is 64.0 Å². The number of aliphatic hydroxyl groups excluding tert-OH is 2. The third kappa shape index (κ3) is 14.6. The van der Waals surface area contributed by atoms with Gasteiger partial charge in [0.05, 0.1) is 13.2 Å². The molecule has 1 aliphatic rings. The molecule has 186 valence electrons. The Hall–Kier alpha value is -0.570. The first-order chi connectivity index (χ1) is 15.3. The summed E-state index contributed by atoms with van der Waals surface area (Å²) in [6, 6.07) is 5.95. The Morgan fingerprint density at radius 1 is 1.00 bits per heavy atom. The number of carbonyl (C=O) groups is 1. The van der Waals surface area contributed by atoms with Crippen molar-refractivity contribution in [3.63, 3.8) is 0 Å². The highest BCUT2D eigenvalue weighted by atomic mass is 33.1. The normalized spacial score (nSPS) is 14.8. The molecule has 1 aromatic rings. The summed E-state index contributed by atoms with van der Waals surface area (Å²) >= 11 is 0. The Labute approximate surface area is 204 Å². The molecule has 1 heterocycles. The average Bonchev–Trinajstić information content (AvgIpc) is 2.80. The maximum absolute atomic E-state index is 10.0. The van der Waals surface area contributed by atoms with Gasteiger partial charge in [-0.25, -0.2) is 0 Å². The lowest BCUT2D eigenvalue weighted by Crippen LogP contribution is -2.44. The summed E-state index contributed by atoms with van der Waals surface area (Å²) in [7, 11) is 5.77. The summed E-state index contributed by atoms with van der Waals surface area (Å²) in [6.45, 7) is 14.2. The molecule has 0 aliphatic carbocycles. The molecule has 1 saturated heterocycles. The van der Waals surface area contributed by atoms with Gasteiger partial charge in [-0.15, -0.1) is 0 Å². The summed E-state index contributed by atoms with van der Waals surface area (Å²) in [4.78, 5) is 14.9. The van der Waals surface area contributed by atoms with E-state index in [4.69, 9.17) is 0 Å². The van der Waals surface area contributed by atoms with Crippen molar-refractivity contribution in [2.24, 2.45) is 0 Å². The van der Waals surface area contributed by atoms with Crippen LogP contribution in [0.5, 0.6) is 0 Å². The van der Waals surface area contributed by atoms with E-state index in [1.54, 1.807) is 10.8 Å². The number of hydrogen-bond donors (Lipinski definition) is 2. The predicted molar refractivity (Wildman–Crippen MR) is 142 cm³/mol. The molecule has 1 fully saturated rings. The van der Waals surface area contributed by atoms with E-state index in [9.17, 15) is 15.0 Å². The van der Waals surface area contributed by atoms with Crippen molar-refractivity contribution in [1.29, 1.82) is 0 Å². The van der Waals surface area contributed by atoms with E-state index in [2.05, 4.69) is 37.0 Å². The second-order valence-electron chi connectivity index (χ2n) is 8.44. The van der Waals surface area contributed by atoms with Crippen LogP contribution in [0, 0.1) is 0 Å². The lowest BCUT2D eigenvalue weighted by molar-refractivity contribution is -0.108. The first-order valence-corrected chi connectivity index (χ1v) is 14.3. The summed E-state index contributed by atoms with van der Waals surface area (Å²) in [6.07, 6.45) is 6.84. The van der Waals surface area contributed by atoms with E-state index >= 15 is 0 Å². The number of benzene rings is 1. The fourth-order valence-corrected chi connectivity index (χ4v) is 5.67. The van der Waals surface area contributed by atoms with Gasteiger partial charge in [0, 0.05) is 37.3 Å². The van der Waals surface area contributed by atoms with Gasteiger partial charge in [0.15, 0.2) is 0 Å². The van der Waals surface area contributed by atoms with Gasteiger partial charge in [0.25, 0.3) is 0 Å². The monoisotopic (exact) mass is 486 g/mol. The van der Waals surface area contributed by atoms with Gasteiger partial charge in [-0.1, -0.05) is 53.6 Å². The summed E-state index contributed by atoms with van der Waals surface area (Å²) in [5.41, 5.74) is 3.01. The predicted octanol–water partition coefficient (Wildman–Crippen LogP) is 4.63. The van der Waals surface area contributed by atoms with E-state index in [0.29, 0.717) is 6.42 Å². The molecule has 0 amide bonds. The van der Waals surface area contributed by atoms with Crippen LogP contribution >= 0.6 is 21.6 Å². The first kappa shape index (κ1) is 31.4. The number of carbonyl (C=O) groups excluding carboxylic acids is 1. The number of nitrogens with zero attached hydrogens (tertiary/aromatic N) is 2. The molecule has 7 heteroatoms. The van der Waals surface area contributed by atoms with Crippen LogP contribution in [0.25, 0.3) is 0 Å². The van der Waals surface area contributed by atoms with Gasteiger partial charge in [-0.2, -0.15) is 0 Å². The van der Waals surface area contributed by atoms with Crippen LogP contribution in [0.3, 0.4) is 0 Å². The largest absolute Gasteiger partial charge is 0.392 e. The Morgan fingerprint density at radius 2 is 1.53 bits per heavy atom. The fourth-order valence-electron chi connectivity index (χ4n) is 3.42. The first-order valence-electron chi connectivity index (χ1n) is 11.7. The molecule has 1 aromatic carbocycles. The molecule has 2 rings (SSSR count). The molecule has 0 unspecified atom stereocenters. The molecule has 0 spiro atoms. The number of aliphatic hydroxyl groups is 2. The SMILES string of the molecule is CC.CN1CCN(CCCc2cc(CO)cc(CO)c2)CC1.CSSC(C)(C)CCC=O. The molecule has 0 saturated carbocycles. The molecule has 32 heavy (non-hydrogen) atoms. The lowest BCUT2D eigenvalue weighted by Gasteiger charge is -2.32. The molecule has 5 nitrogen and oxygen atoms in total. The van der Waals surface area contributed by atoms with Gasteiger partial charge < -0.3 is 24.8 Å². The van der Waals surface area contributed by atoms with Crippen LogP contribution in [0.2, 0.25) is 0 Å². The van der Waals surface area contributed by atoms with Crippen LogP contribution in [-0.4, -0.2) is 77.1 Å². The van der Waals surface area contributed by atoms with Crippen molar-refractivity contribution in [2.45, 2.75) is 71.3 Å². The minimum absolute atomic E-state index is 0.0410. The molecule has 2 N–H and O–H groups in total. The number of hydrogen-bond acceptors (Lipinski definition) is 7. The number of likely N-dealkylation sites (N-methyl/N-ethyl adjacent to an activating group) is 1. The molecule has 0 atom stereocenters. The number of rotatable bonds is 11. The second kappa shape index (κ2) is 18.8. The van der Waals surface area contributed by atoms with Gasteiger partial charge in [0.1, 0.15) is 6.29 Å². The van der Waals surface area contributed by atoms with Gasteiger partial charge in [0.2, 0.25) is 0 Å². The van der Waals surface area contributed by atoms with Crippen molar-refractivity contribution in [3.05, 3.63) is 34.9 Å². The maximum atomic E-state index is 10.0. The standard InChI is InChI=1S/C16H26N2O2.C7H14OS2.C2H6/c1-17-5-7-18(8-6-17)4-2-3-14-9-15(12-19)11-16(10-14)13-20;1-7(2,10-9-3)5-4-6-8;1-2/h9-11,19-20H,2-8,12-13H2,1H3;6H,4-5H2,1-3H3;1-2H3. The Morgan fingerprint density at radius 3 is 2.00 bits per heavy atom. The summed E-state index contributed by atoms with van der Waals surface area (Å²) in [5, 5.41) is 18.5. The van der Waals surface area contributed by atoms with Crippen molar-refractivity contribution in [3.8, 4) is 0 Å². The molecular formula is C25H46N2O3S2. The molecule has 0 bridgehead atoms. The van der Waals surface area contributed by atoms with E-state index in [1.165, 1.54) is 5.56 Å². The van der Waals surface area contributed by atoms with Crippen LogP contribution in [0.15, 0.2) is 18.2 Å². The lowest BCUT2D eigenvalue weighted by atomic mass is 10.0. The Kier molecular flexibility index (Phi) is 18.5. The quantitative estimate of drug-likeness (QED) is 0.349. The molecule has 0 radical (unpaired) electrons. The van der Waals surface area contributed by atoms with Crippen molar-refractivity contribution in [2.75, 3.05) is 46.0 Å². The third-order valence-corrected chi connectivity index (χ3v) is 7.86. The number of aldehydes is 1. The highest BCUT2D eigenvalue weighted by Gasteiger charge is 2.16. The second-order valence-corrected chi connectivity index (χ2v) is 11.5. The molecular weight excluding hydrogens is 440 g/mol. The van der Waals surface area contributed by atoms with E-state index < -0.39 is 0 Å². The zero-order valence-electron chi connectivity index (χ0n) is 21.1. The summed E-state index contributed by atoms with van der Waals surface area (Å²) in [5.74, 6) is 0. The van der Waals surface area contributed by atoms with Crippen LogP contribution in [0.1, 0.15) is 63.6 Å². The fraction of sp³-hybridized carbons (Fsp3) is 0.720. The zero-order chi connectivity index (χ0) is 24.4. The van der Waals surface area contributed by atoms with Crippen molar-refractivity contribution < 1.29 is 15.0 Å². The van der Waals surface area contributed by atoms with E-state index in [1.807, 2.05) is 42.8 Å². The smallest absolute Gasteiger partial charge is 0.120 e. The van der Waals surface area contributed by atoms with Crippen LogP contribution in [0.4, 0.5) is 0 Å². The van der Waals surface area contributed by atoms with E-state index in [-0.39, 0.29) is 18.0 Å². The van der Waals surface area contributed by atoms with Crippen molar-refractivity contribution in [1.82, 2.24) is 9.80 Å². The van der Waals surface area contributed by atoms with Crippen molar-refractivity contribution >= 4 is 27.9 Å². The third-order valence-electron chi connectivity index (χ3n) is 5.19. The maximum Gasteiger partial charge on any atom is 0.120 e. The highest BCUT2D eigenvalue weighted by molar-refractivity contribution is 8.76. The summed E-state index contributed by atoms with van der Waals surface area (Å²) < 4.78 is 0.250. The zero-order valence-corrected chi connectivity index (χ0v) is 22.7. The minimum atomic E-state index is 0.0410. The average molecular weight is 487 g/mol. The number of aryl methyl sites for hydroxylation is 1. The Balaban J connectivity index is 0.000000680.